The molecule has 0 N–H and O–H groups in total. The summed E-state index contributed by atoms with van der Waals surface area (Å²) in [7, 11) is 1.28. The van der Waals surface area contributed by atoms with E-state index in [1.54, 1.807) is 0 Å². The lowest BCUT2D eigenvalue weighted by atomic mass is 9.95. The Morgan fingerprint density at radius 3 is 2.12 bits per heavy atom. The van der Waals surface area contributed by atoms with Crippen LogP contribution in [0.1, 0.15) is 0 Å². The normalized spacial score (nSPS) is 9.00. The molecule has 8 heavy (non-hydrogen) atoms. The first-order valence-electron chi connectivity index (χ1n) is 2.97. The van der Waals surface area contributed by atoms with E-state index in [4.69, 9.17) is 0 Å². The van der Waals surface area contributed by atoms with E-state index in [1.165, 1.54) is 22.4 Å². The van der Waals surface area contributed by atoms with Crippen molar-refractivity contribution in [2.45, 2.75) is 0 Å². The lowest BCUT2D eigenvalue weighted by Gasteiger charge is -1.88. The molecule has 0 heterocycles. The largest absolute Gasteiger partial charge is 0.140 e. The van der Waals surface area contributed by atoms with Gasteiger partial charge < -0.3 is 0 Å². The minimum Gasteiger partial charge on any atom is -0.0884 e. The van der Waals surface area contributed by atoms with Gasteiger partial charge >= 0.3 is 0 Å². The van der Waals surface area contributed by atoms with Crippen molar-refractivity contribution in [3.8, 4) is 0 Å². The summed E-state index contributed by atoms with van der Waals surface area (Å²) in [5.74, 6) is 0. The number of benzene rings is 1. The van der Waals surface area contributed by atoms with Crippen molar-refractivity contribution in [3.05, 3.63) is 30.3 Å². The lowest BCUT2D eigenvalue weighted by molar-refractivity contribution is 1.77. The van der Waals surface area contributed by atoms with E-state index in [0.29, 0.717) is 0 Å². The van der Waals surface area contributed by atoms with Crippen molar-refractivity contribution < 1.29 is 0 Å². The Kier molecular flexibility index (Phi) is 1.92. The zero-order valence-electron chi connectivity index (χ0n) is 5.09. The van der Waals surface area contributed by atoms with E-state index >= 15 is 0 Å². The predicted molar refractivity (Wildman–Crippen MR) is 43.2 cm³/mol. The van der Waals surface area contributed by atoms with Gasteiger partial charge in [0.15, 0.2) is 0 Å². The topological polar surface area (TPSA) is 0 Å². The van der Waals surface area contributed by atoms with Crippen LogP contribution in [0.25, 0.3) is 0 Å². The van der Waals surface area contributed by atoms with E-state index in [1.807, 2.05) is 0 Å². The number of hydrogen-bond donors (Lipinski definition) is 0. The molecule has 0 saturated carbocycles. The van der Waals surface area contributed by atoms with E-state index in [-0.39, 0.29) is 0 Å². The molecule has 0 spiro atoms. The SMILES string of the molecule is [SiH3]Bc1ccccc1. The highest BCUT2D eigenvalue weighted by molar-refractivity contribution is 6.97. The first-order chi connectivity index (χ1) is 3.93. The zero-order chi connectivity index (χ0) is 5.82. The Hall–Kier alpha value is -0.498. The molecule has 0 bridgehead atoms. The highest BCUT2D eigenvalue weighted by atomic mass is 28.1. The van der Waals surface area contributed by atoms with Crippen LogP contribution >= 0.6 is 0 Å². The van der Waals surface area contributed by atoms with Gasteiger partial charge in [0.05, 0.1) is 0 Å². The first kappa shape index (κ1) is 5.64. The molecule has 0 aliphatic heterocycles. The minimum absolute atomic E-state index is 1.28. The fraction of sp³-hybridized carbons (Fsp3) is 0. The predicted octanol–water partition coefficient (Wildman–Crippen LogP) is -0.971. The van der Waals surface area contributed by atoms with Crippen molar-refractivity contribution >= 4 is 22.4 Å². The van der Waals surface area contributed by atoms with E-state index in [0.717, 1.165) is 0 Å². The van der Waals surface area contributed by atoms with Crippen LogP contribution in [-0.4, -0.2) is 17.0 Å². The fourth-order valence-corrected chi connectivity index (χ4v) is 1.19. The third-order valence-electron chi connectivity index (χ3n) is 1.25. The average Bonchev–Trinajstić information content (AvgIpc) is 1.90. The summed E-state index contributed by atoms with van der Waals surface area (Å²) in [6.45, 7) is 1.28. The second-order valence-corrected chi connectivity index (χ2v) is 2.55. The summed E-state index contributed by atoms with van der Waals surface area (Å²) in [5.41, 5.74) is 1.47. The van der Waals surface area contributed by atoms with Crippen LogP contribution in [0.4, 0.5) is 0 Å². The second kappa shape index (κ2) is 2.72. The quantitative estimate of drug-likeness (QED) is 0.418. The van der Waals surface area contributed by atoms with E-state index in [2.05, 4.69) is 30.3 Å². The molecule has 1 rings (SSSR count). The van der Waals surface area contributed by atoms with E-state index < -0.39 is 0 Å². The summed E-state index contributed by atoms with van der Waals surface area (Å²) >= 11 is 0. The van der Waals surface area contributed by atoms with Crippen LogP contribution in [0, 0.1) is 0 Å². The number of rotatable bonds is 1. The third kappa shape index (κ3) is 1.24. The number of hydrogen-bond acceptors (Lipinski definition) is 0. The van der Waals surface area contributed by atoms with Crippen LogP contribution in [0.2, 0.25) is 0 Å². The van der Waals surface area contributed by atoms with Crippen LogP contribution in [0.15, 0.2) is 30.3 Å². The molecule has 0 radical (unpaired) electrons. The zero-order valence-corrected chi connectivity index (χ0v) is 7.09. The summed E-state index contributed by atoms with van der Waals surface area (Å²) < 4.78 is 0. The van der Waals surface area contributed by atoms with Crippen molar-refractivity contribution in [2.75, 3.05) is 0 Å². The summed E-state index contributed by atoms with van der Waals surface area (Å²) in [6.07, 6.45) is 0. The van der Waals surface area contributed by atoms with Crippen LogP contribution in [-0.2, 0) is 0 Å². The van der Waals surface area contributed by atoms with Gasteiger partial charge in [0.2, 0.25) is 0 Å². The Bertz CT molecular complexity index is 150. The molecule has 40 valence electrons. The minimum atomic E-state index is 1.28. The standard InChI is InChI=1S/C6H9BSi/c8-7-6-4-2-1-3-5-6/h1-5,7H,8H3. The van der Waals surface area contributed by atoms with Crippen molar-refractivity contribution in [2.24, 2.45) is 0 Å². The van der Waals surface area contributed by atoms with Gasteiger partial charge in [-0.1, -0.05) is 35.8 Å². The molecule has 0 saturated heterocycles. The van der Waals surface area contributed by atoms with Gasteiger partial charge in [0.1, 0.15) is 6.87 Å². The molecule has 0 unspecified atom stereocenters. The van der Waals surface area contributed by atoms with Gasteiger partial charge in [-0.2, -0.15) is 0 Å². The van der Waals surface area contributed by atoms with Gasteiger partial charge in [0, 0.05) is 0 Å². The van der Waals surface area contributed by atoms with Crippen molar-refractivity contribution in [1.82, 2.24) is 0 Å². The molecule has 0 atom stereocenters. The van der Waals surface area contributed by atoms with Crippen LogP contribution in [0.5, 0.6) is 0 Å². The Labute approximate surface area is 53.5 Å². The third-order valence-corrected chi connectivity index (χ3v) is 2.07. The van der Waals surface area contributed by atoms with Crippen LogP contribution in [0.3, 0.4) is 0 Å². The molecule has 0 nitrogen and oxygen atoms in total. The average molecular weight is 120 g/mol. The fourth-order valence-electron chi connectivity index (χ4n) is 0.714. The summed E-state index contributed by atoms with van der Waals surface area (Å²) in [4.78, 5) is 0. The van der Waals surface area contributed by atoms with Crippen molar-refractivity contribution in [1.29, 1.82) is 0 Å². The first-order valence-corrected chi connectivity index (χ1v) is 4.39. The Balaban J connectivity index is 2.83. The second-order valence-electron chi connectivity index (χ2n) is 1.84. The summed E-state index contributed by atoms with van der Waals surface area (Å²) in [6, 6.07) is 10.6. The van der Waals surface area contributed by atoms with Crippen LogP contribution < -0.4 is 5.46 Å². The maximum atomic E-state index is 2.17. The Morgan fingerprint density at radius 2 is 1.75 bits per heavy atom. The molecule has 0 amide bonds. The molecule has 1 aromatic rings. The van der Waals surface area contributed by atoms with Gasteiger partial charge in [-0.05, 0) is 10.1 Å². The molecule has 0 aliphatic rings. The molecule has 1 aromatic carbocycles. The lowest BCUT2D eigenvalue weighted by Crippen LogP contribution is -2.12. The van der Waals surface area contributed by atoms with E-state index in [9.17, 15) is 0 Å². The Morgan fingerprint density at radius 1 is 1.12 bits per heavy atom. The highest BCUT2D eigenvalue weighted by Crippen LogP contribution is 1.78. The molecular weight excluding hydrogens is 111 g/mol. The monoisotopic (exact) mass is 120 g/mol. The maximum absolute atomic E-state index is 2.17. The summed E-state index contributed by atoms with van der Waals surface area (Å²) in [5, 5.41) is 0. The molecular formula is C6H9BSi. The molecule has 2 heteroatoms. The van der Waals surface area contributed by atoms with Gasteiger partial charge in [-0.25, -0.2) is 0 Å². The highest BCUT2D eigenvalue weighted by Gasteiger charge is 1.82. The molecule has 0 fully saturated rings. The van der Waals surface area contributed by atoms with Gasteiger partial charge in [-0.3, -0.25) is 0 Å². The van der Waals surface area contributed by atoms with Crippen molar-refractivity contribution in [3.63, 3.8) is 0 Å². The van der Waals surface area contributed by atoms with Gasteiger partial charge in [0.25, 0.3) is 0 Å². The smallest absolute Gasteiger partial charge is 0.0884 e. The maximum Gasteiger partial charge on any atom is 0.140 e. The molecule has 0 aromatic heterocycles. The molecule has 0 aliphatic carbocycles. The van der Waals surface area contributed by atoms with Gasteiger partial charge in [-0.15, -0.1) is 0 Å².